The molecule has 0 amide bonds. The summed E-state index contributed by atoms with van der Waals surface area (Å²) in [6.45, 7) is 1.92. The summed E-state index contributed by atoms with van der Waals surface area (Å²) in [6, 6.07) is 7.73. The normalized spacial score (nSPS) is 10.2. The van der Waals surface area contributed by atoms with Crippen LogP contribution in [0, 0.1) is 10.1 Å². The molecule has 0 atom stereocenters. The lowest BCUT2D eigenvalue weighted by Crippen LogP contribution is -2.00. The first-order valence-corrected chi connectivity index (χ1v) is 6.71. The van der Waals surface area contributed by atoms with Crippen LogP contribution in [0.15, 0.2) is 30.3 Å². The van der Waals surface area contributed by atoms with Crippen LogP contribution in [0.25, 0.3) is 0 Å². The molecule has 0 aliphatic rings. The number of anilines is 2. The van der Waals surface area contributed by atoms with E-state index in [0.717, 1.165) is 4.88 Å². The van der Waals surface area contributed by atoms with Crippen molar-refractivity contribution in [1.82, 2.24) is 0 Å². The second-order valence-corrected chi connectivity index (χ2v) is 5.15. The number of hydrogen-bond acceptors (Lipinski definition) is 5. The van der Waals surface area contributed by atoms with Gasteiger partial charge in [0.05, 0.1) is 10.5 Å². The van der Waals surface area contributed by atoms with Gasteiger partial charge in [0, 0.05) is 10.9 Å². The van der Waals surface area contributed by atoms with Crippen molar-refractivity contribution in [3.05, 3.63) is 50.9 Å². The van der Waals surface area contributed by atoms with E-state index in [9.17, 15) is 14.9 Å². The molecule has 0 radical (unpaired) electrons. The van der Waals surface area contributed by atoms with Crippen molar-refractivity contribution in [3.63, 3.8) is 0 Å². The van der Waals surface area contributed by atoms with Gasteiger partial charge in [-0.25, -0.2) is 4.79 Å². The first-order valence-electron chi connectivity index (χ1n) is 5.89. The largest absolute Gasteiger partial charge is 0.478 e. The highest BCUT2D eigenvalue weighted by molar-refractivity contribution is 7.16. The zero-order valence-electron chi connectivity index (χ0n) is 10.6. The van der Waals surface area contributed by atoms with Crippen molar-refractivity contribution in [3.8, 4) is 0 Å². The smallest absolute Gasteiger partial charge is 0.338 e. The molecule has 104 valence electrons. The van der Waals surface area contributed by atoms with Crippen LogP contribution < -0.4 is 5.32 Å². The molecule has 0 aliphatic heterocycles. The molecule has 0 unspecified atom stereocenters. The third-order valence-electron chi connectivity index (χ3n) is 2.71. The quantitative estimate of drug-likeness (QED) is 0.648. The molecule has 1 heterocycles. The Morgan fingerprint density at radius 3 is 2.75 bits per heavy atom. The maximum Gasteiger partial charge on any atom is 0.338 e. The third-order valence-corrected chi connectivity index (χ3v) is 3.91. The van der Waals surface area contributed by atoms with E-state index < -0.39 is 10.9 Å². The molecular formula is C13H12N2O4S. The fourth-order valence-electron chi connectivity index (χ4n) is 1.73. The van der Waals surface area contributed by atoms with E-state index in [2.05, 4.69) is 5.32 Å². The van der Waals surface area contributed by atoms with Crippen LogP contribution in [0.1, 0.15) is 22.2 Å². The molecule has 2 aromatic rings. The van der Waals surface area contributed by atoms with Gasteiger partial charge in [-0.1, -0.05) is 19.1 Å². The zero-order chi connectivity index (χ0) is 14.7. The number of para-hydroxylation sites is 2. The average Bonchev–Trinajstić information content (AvgIpc) is 2.82. The van der Waals surface area contributed by atoms with Gasteiger partial charge in [-0.05, 0) is 18.6 Å². The van der Waals surface area contributed by atoms with Crippen LogP contribution in [-0.2, 0) is 6.42 Å². The number of aromatic carboxylic acids is 1. The van der Waals surface area contributed by atoms with Gasteiger partial charge in [0.1, 0.15) is 10.7 Å². The number of rotatable bonds is 5. The number of carboxylic acids is 1. The van der Waals surface area contributed by atoms with Crippen LogP contribution >= 0.6 is 11.3 Å². The van der Waals surface area contributed by atoms with Crippen LogP contribution in [0.5, 0.6) is 0 Å². The van der Waals surface area contributed by atoms with E-state index in [0.29, 0.717) is 11.4 Å². The number of benzene rings is 1. The molecule has 0 fully saturated rings. The highest BCUT2D eigenvalue weighted by Crippen LogP contribution is 2.34. The Morgan fingerprint density at radius 1 is 1.45 bits per heavy atom. The summed E-state index contributed by atoms with van der Waals surface area (Å²) < 4.78 is 0. The van der Waals surface area contributed by atoms with Crippen molar-refractivity contribution >= 4 is 33.7 Å². The average molecular weight is 292 g/mol. The highest BCUT2D eigenvalue weighted by atomic mass is 32.1. The number of carbonyl (C=O) groups is 1. The lowest BCUT2D eigenvalue weighted by atomic mass is 10.2. The van der Waals surface area contributed by atoms with Crippen molar-refractivity contribution in [1.29, 1.82) is 0 Å². The summed E-state index contributed by atoms with van der Waals surface area (Å²) in [5.74, 6) is -1.05. The van der Waals surface area contributed by atoms with E-state index in [1.807, 2.05) is 6.92 Å². The third kappa shape index (κ3) is 2.77. The lowest BCUT2D eigenvalue weighted by molar-refractivity contribution is -0.383. The number of hydrogen-bond donors (Lipinski definition) is 2. The standard InChI is InChI=1S/C13H12N2O4S/c1-2-8-7-9(13(16)17)12(20-8)14-10-5-3-4-6-11(10)15(18)19/h3-7,14H,2H2,1H3,(H,16,17). The first kappa shape index (κ1) is 14.0. The first-order chi connectivity index (χ1) is 9.52. The Bertz CT molecular complexity index is 666. The van der Waals surface area contributed by atoms with Crippen molar-refractivity contribution in [2.75, 3.05) is 5.32 Å². The molecule has 1 aromatic heterocycles. The number of carboxylic acid groups (broad SMARTS) is 1. The SMILES string of the molecule is CCc1cc(C(=O)O)c(Nc2ccccc2[N+](=O)[O-])s1. The summed E-state index contributed by atoms with van der Waals surface area (Å²) >= 11 is 1.29. The van der Waals surface area contributed by atoms with E-state index in [-0.39, 0.29) is 16.9 Å². The predicted octanol–water partition coefficient (Wildman–Crippen LogP) is 3.66. The number of nitrogens with zero attached hydrogens (tertiary/aromatic N) is 1. The van der Waals surface area contributed by atoms with Crippen LogP contribution in [0.2, 0.25) is 0 Å². The zero-order valence-corrected chi connectivity index (χ0v) is 11.4. The molecular weight excluding hydrogens is 280 g/mol. The molecule has 1 aromatic carbocycles. The number of nitro benzene ring substituents is 1. The summed E-state index contributed by atoms with van der Waals surface area (Å²) in [6.07, 6.45) is 0.712. The molecule has 2 N–H and O–H groups in total. The van der Waals surface area contributed by atoms with Gasteiger partial charge in [-0.2, -0.15) is 0 Å². The number of thiophene rings is 1. The fourth-order valence-corrected chi connectivity index (χ4v) is 2.73. The molecule has 20 heavy (non-hydrogen) atoms. The van der Waals surface area contributed by atoms with Crippen molar-refractivity contribution in [2.45, 2.75) is 13.3 Å². The Hall–Kier alpha value is -2.41. The maximum absolute atomic E-state index is 11.2. The molecule has 0 spiro atoms. The van der Waals surface area contributed by atoms with E-state index in [1.165, 1.54) is 17.4 Å². The van der Waals surface area contributed by atoms with Gasteiger partial charge in [-0.15, -0.1) is 11.3 Å². The minimum atomic E-state index is -1.05. The minimum Gasteiger partial charge on any atom is -0.478 e. The summed E-state index contributed by atoms with van der Waals surface area (Å²) in [5, 5.41) is 23.4. The van der Waals surface area contributed by atoms with E-state index >= 15 is 0 Å². The Labute approximate surface area is 118 Å². The molecule has 0 aliphatic carbocycles. The number of nitrogens with one attached hydrogen (secondary N) is 1. The minimum absolute atomic E-state index is 0.0877. The number of aryl methyl sites for hydroxylation is 1. The summed E-state index contributed by atoms with van der Waals surface area (Å²) in [4.78, 5) is 22.5. The highest BCUT2D eigenvalue weighted by Gasteiger charge is 2.18. The molecule has 6 nitrogen and oxygen atoms in total. The second-order valence-electron chi connectivity index (χ2n) is 4.01. The Kier molecular flexibility index (Phi) is 3.99. The number of nitro groups is 1. The van der Waals surface area contributed by atoms with Gasteiger partial charge in [0.15, 0.2) is 0 Å². The van der Waals surface area contributed by atoms with Gasteiger partial charge in [0.2, 0.25) is 0 Å². The van der Waals surface area contributed by atoms with Gasteiger partial charge < -0.3 is 10.4 Å². The summed E-state index contributed by atoms with van der Waals surface area (Å²) in [5.41, 5.74) is 0.324. The molecule has 2 rings (SSSR count). The van der Waals surface area contributed by atoms with Gasteiger partial charge >= 0.3 is 5.97 Å². The fraction of sp³-hybridized carbons (Fsp3) is 0.154. The van der Waals surface area contributed by atoms with E-state index in [4.69, 9.17) is 5.11 Å². The van der Waals surface area contributed by atoms with E-state index in [1.54, 1.807) is 24.3 Å². The molecule has 0 saturated carbocycles. The van der Waals surface area contributed by atoms with Crippen molar-refractivity contribution in [2.24, 2.45) is 0 Å². The lowest BCUT2D eigenvalue weighted by Gasteiger charge is -2.05. The van der Waals surface area contributed by atoms with Crippen LogP contribution in [0.3, 0.4) is 0 Å². The molecule has 0 bridgehead atoms. The summed E-state index contributed by atoms with van der Waals surface area (Å²) in [7, 11) is 0. The maximum atomic E-state index is 11.2. The molecule has 0 saturated heterocycles. The Balaban J connectivity index is 2.42. The topological polar surface area (TPSA) is 92.5 Å². The van der Waals surface area contributed by atoms with Gasteiger partial charge in [0.25, 0.3) is 5.69 Å². The molecule has 7 heteroatoms. The monoisotopic (exact) mass is 292 g/mol. The predicted molar refractivity (Wildman–Crippen MR) is 77.0 cm³/mol. The van der Waals surface area contributed by atoms with Crippen LogP contribution in [-0.4, -0.2) is 16.0 Å². The van der Waals surface area contributed by atoms with Gasteiger partial charge in [-0.3, -0.25) is 10.1 Å². The second kappa shape index (κ2) is 5.70. The van der Waals surface area contributed by atoms with Crippen molar-refractivity contribution < 1.29 is 14.8 Å². The Morgan fingerprint density at radius 2 is 2.15 bits per heavy atom. The van der Waals surface area contributed by atoms with Crippen LogP contribution in [0.4, 0.5) is 16.4 Å².